The van der Waals surface area contributed by atoms with E-state index in [1.165, 1.54) is 18.9 Å². The molecule has 0 bridgehead atoms. The van der Waals surface area contributed by atoms with Gasteiger partial charge in [0.1, 0.15) is 5.56 Å². The van der Waals surface area contributed by atoms with E-state index >= 15 is 0 Å². The molecule has 7 nitrogen and oxygen atoms in total. The maximum Gasteiger partial charge on any atom is 0.308 e. The van der Waals surface area contributed by atoms with Crippen molar-refractivity contribution < 1.29 is 14.7 Å². The third-order valence-corrected chi connectivity index (χ3v) is 3.00. The van der Waals surface area contributed by atoms with E-state index in [1.807, 2.05) is 0 Å². The highest BCUT2D eigenvalue weighted by Crippen LogP contribution is 2.09. The highest BCUT2D eigenvalue weighted by atomic mass is 16.4. The van der Waals surface area contributed by atoms with E-state index in [4.69, 9.17) is 5.11 Å². The molecule has 1 atom stereocenters. The van der Waals surface area contributed by atoms with Gasteiger partial charge in [-0.15, -0.1) is 0 Å². The SMILES string of the molecule is Cc1n[nH]c(=O)c(C(=O)N(C)CC(C)C(=O)O)c1C. The van der Waals surface area contributed by atoms with Crippen LogP contribution in [-0.2, 0) is 4.79 Å². The number of H-pyrrole nitrogens is 1. The van der Waals surface area contributed by atoms with Crippen molar-refractivity contribution in [3.63, 3.8) is 0 Å². The van der Waals surface area contributed by atoms with Gasteiger partial charge < -0.3 is 10.0 Å². The van der Waals surface area contributed by atoms with Gasteiger partial charge in [-0.1, -0.05) is 6.92 Å². The summed E-state index contributed by atoms with van der Waals surface area (Å²) in [6, 6.07) is 0. The smallest absolute Gasteiger partial charge is 0.308 e. The molecular weight excluding hydrogens is 250 g/mol. The molecule has 1 amide bonds. The van der Waals surface area contributed by atoms with Crippen LogP contribution >= 0.6 is 0 Å². The van der Waals surface area contributed by atoms with Crippen LogP contribution in [0.25, 0.3) is 0 Å². The quantitative estimate of drug-likeness (QED) is 0.810. The lowest BCUT2D eigenvalue weighted by Crippen LogP contribution is -2.37. The first kappa shape index (κ1) is 14.9. The monoisotopic (exact) mass is 267 g/mol. The first-order valence-corrected chi connectivity index (χ1v) is 5.79. The number of hydrogen-bond acceptors (Lipinski definition) is 4. The molecule has 1 aromatic heterocycles. The minimum atomic E-state index is -0.990. The average Bonchev–Trinajstić information content (AvgIpc) is 2.33. The predicted octanol–water partition coefficient (Wildman–Crippen LogP) is 0.179. The minimum Gasteiger partial charge on any atom is -0.481 e. The maximum absolute atomic E-state index is 12.2. The first-order valence-electron chi connectivity index (χ1n) is 5.79. The molecule has 0 aliphatic carbocycles. The number of carboxylic acids is 1. The zero-order chi connectivity index (χ0) is 14.7. The Morgan fingerprint density at radius 2 is 2.00 bits per heavy atom. The number of carbonyl (C=O) groups is 2. The van der Waals surface area contributed by atoms with Gasteiger partial charge in [-0.3, -0.25) is 14.4 Å². The molecule has 1 unspecified atom stereocenters. The molecule has 0 radical (unpaired) electrons. The van der Waals surface area contributed by atoms with Crippen molar-refractivity contribution in [1.82, 2.24) is 15.1 Å². The summed E-state index contributed by atoms with van der Waals surface area (Å²) < 4.78 is 0. The normalized spacial score (nSPS) is 12.0. The summed E-state index contributed by atoms with van der Waals surface area (Å²) in [5.41, 5.74) is 0.502. The Labute approximate surface area is 110 Å². The fourth-order valence-corrected chi connectivity index (χ4v) is 1.65. The third kappa shape index (κ3) is 3.18. The first-order chi connectivity index (χ1) is 8.75. The van der Waals surface area contributed by atoms with Crippen LogP contribution in [-0.4, -0.2) is 45.7 Å². The number of nitrogens with one attached hydrogen (secondary N) is 1. The van der Waals surface area contributed by atoms with E-state index in [0.717, 1.165) is 0 Å². The number of aromatic nitrogens is 2. The molecule has 7 heteroatoms. The molecular formula is C12H17N3O4. The summed E-state index contributed by atoms with van der Waals surface area (Å²) in [6.45, 7) is 4.86. The van der Waals surface area contributed by atoms with Gasteiger partial charge in [0.15, 0.2) is 0 Å². The second-order valence-corrected chi connectivity index (χ2v) is 4.56. The van der Waals surface area contributed by atoms with E-state index in [2.05, 4.69) is 10.2 Å². The summed E-state index contributed by atoms with van der Waals surface area (Å²) in [6.07, 6.45) is 0. The number of hydrogen-bond donors (Lipinski definition) is 2. The maximum atomic E-state index is 12.2. The standard InChI is InChI=1S/C12H17N3O4/c1-6(12(18)19)5-15(4)11(17)9-7(2)8(3)13-14-10(9)16/h6H,5H2,1-4H3,(H,14,16)(H,18,19). The van der Waals surface area contributed by atoms with Crippen molar-refractivity contribution in [3.05, 3.63) is 27.2 Å². The van der Waals surface area contributed by atoms with Crippen molar-refractivity contribution in [2.45, 2.75) is 20.8 Å². The lowest BCUT2D eigenvalue weighted by molar-refractivity contribution is -0.141. The fraction of sp³-hybridized carbons (Fsp3) is 0.500. The van der Waals surface area contributed by atoms with Crippen molar-refractivity contribution in [1.29, 1.82) is 0 Å². The van der Waals surface area contributed by atoms with Gasteiger partial charge in [-0.2, -0.15) is 5.10 Å². The molecule has 0 saturated carbocycles. The van der Waals surface area contributed by atoms with Crippen molar-refractivity contribution >= 4 is 11.9 Å². The van der Waals surface area contributed by atoms with Crippen LogP contribution in [0.4, 0.5) is 0 Å². The molecule has 0 aromatic carbocycles. The fourth-order valence-electron chi connectivity index (χ4n) is 1.65. The molecule has 104 valence electrons. The molecule has 2 N–H and O–H groups in total. The number of rotatable bonds is 4. The Balaban J connectivity index is 3.04. The van der Waals surface area contributed by atoms with Crippen LogP contribution in [0.2, 0.25) is 0 Å². The van der Waals surface area contributed by atoms with Gasteiger partial charge in [0, 0.05) is 13.6 Å². The van der Waals surface area contributed by atoms with Crippen molar-refractivity contribution in [2.24, 2.45) is 5.92 Å². The highest BCUT2D eigenvalue weighted by Gasteiger charge is 2.23. The van der Waals surface area contributed by atoms with E-state index in [-0.39, 0.29) is 12.1 Å². The topological polar surface area (TPSA) is 103 Å². The number of carbonyl (C=O) groups excluding carboxylic acids is 1. The average molecular weight is 267 g/mol. The molecule has 1 rings (SSSR count). The second-order valence-electron chi connectivity index (χ2n) is 4.56. The third-order valence-electron chi connectivity index (χ3n) is 3.00. The van der Waals surface area contributed by atoms with Crippen molar-refractivity contribution in [2.75, 3.05) is 13.6 Å². The van der Waals surface area contributed by atoms with E-state index in [9.17, 15) is 14.4 Å². The van der Waals surface area contributed by atoms with E-state index < -0.39 is 23.4 Å². The Bertz CT molecular complexity index is 565. The summed E-state index contributed by atoms with van der Waals surface area (Å²) >= 11 is 0. The minimum absolute atomic E-state index is 0.00703. The Hall–Kier alpha value is -2.18. The summed E-state index contributed by atoms with van der Waals surface area (Å²) in [5.74, 6) is -2.19. The predicted molar refractivity (Wildman–Crippen MR) is 68.1 cm³/mol. The van der Waals surface area contributed by atoms with Crippen LogP contribution in [0, 0.1) is 19.8 Å². The summed E-state index contributed by atoms with van der Waals surface area (Å²) in [5, 5.41) is 14.8. The molecule has 0 aliphatic heterocycles. The van der Waals surface area contributed by atoms with Crippen LogP contribution < -0.4 is 5.56 Å². The summed E-state index contributed by atoms with van der Waals surface area (Å²) in [7, 11) is 1.47. The zero-order valence-electron chi connectivity index (χ0n) is 11.4. The van der Waals surface area contributed by atoms with E-state index in [1.54, 1.807) is 13.8 Å². The van der Waals surface area contributed by atoms with Crippen LogP contribution in [0.3, 0.4) is 0 Å². The number of aryl methyl sites for hydroxylation is 1. The van der Waals surface area contributed by atoms with Crippen molar-refractivity contribution in [3.8, 4) is 0 Å². The lowest BCUT2D eigenvalue weighted by Gasteiger charge is -2.20. The van der Waals surface area contributed by atoms with Crippen LogP contribution in [0.1, 0.15) is 28.5 Å². The highest BCUT2D eigenvalue weighted by molar-refractivity contribution is 5.95. The van der Waals surface area contributed by atoms with Gasteiger partial charge in [0.25, 0.3) is 11.5 Å². The molecule has 1 heterocycles. The van der Waals surface area contributed by atoms with Gasteiger partial charge in [-0.25, -0.2) is 5.10 Å². The number of aromatic amines is 1. The summed E-state index contributed by atoms with van der Waals surface area (Å²) in [4.78, 5) is 35.9. The Morgan fingerprint density at radius 3 is 2.53 bits per heavy atom. The van der Waals surface area contributed by atoms with Gasteiger partial charge >= 0.3 is 5.97 Å². The molecule has 0 saturated heterocycles. The lowest BCUT2D eigenvalue weighted by atomic mass is 10.1. The number of carboxylic acid groups (broad SMARTS) is 1. The molecule has 0 fully saturated rings. The number of aliphatic carboxylic acids is 1. The molecule has 0 aliphatic rings. The molecule has 1 aromatic rings. The molecule has 19 heavy (non-hydrogen) atoms. The zero-order valence-corrected chi connectivity index (χ0v) is 11.4. The number of nitrogens with zero attached hydrogens (tertiary/aromatic N) is 2. The second kappa shape index (κ2) is 5.64. The van der Waals surface area contributed by atoms with Gasteiger partial charge in [0.2, 0.25) is 0 Å². The largest absolute Gasteiger partial charge is 0.481 e. The van der Waals surface area contributed by atoms with Crippen LogP contribution in [0.15, 0.2) is 4.79 Å². The van der Waals surface area contributed by atoms with Gasteiger partial charge in [-0.05, 0) is 19.4 Å². The molecule has 0 spiro atoms. The van der Waals surface area contributed by atoms with Gasteiger partial charge in [0.05, 0.1) is 11.6 Å². The van der Waals surface area contributed by atoms with Crippen LogP contribution in [0.5, 0.6) is 0 Å². The Morgan fingerprint density at radius 1 is 1.42 bits per heavy atom. The van der Waals surface area contributed by atoms with E-state index in [0.29, 0.717) is 11.3 Å². The Kier molecular flexibility index (Phi) is 4.42. The number of amides is 1.